The van der Waals surface area contributed by atoms with Gasteiger partial charge in [0.05, 0.1) is 0 Å². The molecule has 4 nitrogen and oxygen atoms in total. The summed E-state index contributed by atoms with van der Waals surface area (Å²) in [5.41, 5.74) is 6.49. The molecule has 0 aromatic carbocycles. The number of amides is 1. The summed E-state index contributed by atoms with van der Waals surface area (Å²) >= 11 is 0. The van der Waals surface area contributed by atoms with E-state index in [1.54, 1.807) is 12.3 Å². The minimum absolute atomic E-state index is 0.327. The molecule has 0 saturated heterocycles. The van der Waals surface area contributed by atoms with Crippen LogP contribution in [0.15, 0.2) is 18.3 Å². The average Bonchev–Trinajstić information content (AvgIpc) is 2.99. The van der Waals surface area contributed by atoms with Crippen molar-refractivity contribution in [1.82, 2.24) is 4.98 Å². The number of pyridine rings is 1. The zero-order valence-corrected chi connectivity index (χ0v) is 10.4. The van der Waals surface area contributed by atoms with Crippen LogP contribution < -0.4 is 11.1 Å². The minimum Gasteiger partial charge on any atom is -0.385 e. The molecule has 3 N–H and O–H groups in total. The third-order valence-electron chi connectivity index (χ3n) is 4.47. The highest BCUT2D eigenvalue weighted by atomic mass is 16.1. The summed E-state index contributed by atoms with van der Waals surface area (Å²) < 4.78 is 0. The predicted octanol–water partition coefficient (Wildman–Crippen LogP) is 2.03. The minimum atomic E-state index is -0.474. The fraction of sp³-hybridized carbons (Fsp3) is 0.571. The van der Waals surface area contributed by atoms with Crippen LogP contribution in [0.25, 0.3) is 0 Å². The first-order chi connectivity index (χ1) is 8.72. The average molecular weight is 245 g/mol. The quantitative estimate of drug-likeness (QED) is 0.852. The number of carbonyl (C=O) groups is 1. The lowest BCUT2D eigenvalue weighted by atomic mass is 9.89. The maximum Gasteiger partial charge on any atom is 0.267 e. The number of nitrogens with zero attached hydrogens (tertiary/aromatic N) is 1. The van der Waals surface area contributed by atoms with Crippen LogP contribution in [0.5, 0.6) is 0 Å². The fourth-order valence-corrected chi connectivity index (χ4v) is 3.55. The van der Waals surface area contributed by atoms with Gasteiger partial charge < -0.3 is 11.1 Å². The summed E-state index contributed by atoms with van der Waals surface area (Å²) in [6.45, 7) is 1.00. The van der Waals surface area contributed by atoms with Crippen molar-refractivity contribution in [2.75, 3.05) is 11.9 Å². The highest BCUT2D eigenvalue weighted by Gasteiger charge is 2.38. The van der Waals surface area contributed by atoms with Crippen molar-refractivity contribution < 1.29 is 4.79 Å². The Hall–Kier alpha value is -1.58. The van der Waals surface area contributed by atoms with Crippen molar-refractivity contribution in [1.29, 1.82) is 0 Å². The van der Waals surface area contributed by atoms with E-state index in [2.05, 4.69) is 10.3 Å². The van der Waals surface area contributed by atoms with Crippen LogP contribution in [0.1, 0.15) is 36.2 Å². The Morgan fingerprint density at radius 2 is 2.33 bits per heavy atom. The topological polar surface area (TPSA) is 68.0 Å². The van der Waals surface area contributed by atoms with Crippen molar-refractivity contribution in [2.45, 2.75) is 25.7 Å². The SMILES string of the molecule is NC(=O)c1cc(NCC2CC3CCC2C3)ccn1. The Balaban J connectivity index is 1.60. The van der Waals surface area contributed by atoms with Gasteiger partial charge in [-0.05, 0) is 49.1 Å². The van der Waals surface area contributed by atoms with E-state index in [0.717, 1.165) is 30.0 Å². The van der Waals surface area contributed by atoms with Gasteiger partial charge >= 0.3 is 0 Å². The molecule has 2 aliphatic carbocycles. The Labute approximate surface area is 107 Å². The van der Waals surface area contributed by atoms with Gasteiger partial charge in [-0.15, -0.1) is 0 Å². The summed E-state index contributed by atoms with van der Waals surface area (Å²) in [5, 5.41) is 3.42. The zero-order chi connectivity index (χ0) is 12.5. The number of nitrogens with one attached hydrogen (secondary N) is 1. The Kier molecular flexibility index (Phi) is 2.94. The van der Waals surface area contributed by atoms with E-state index in [1.807, 2.05) is 6.07 Å². The van der Waals surface area contributed by atoms with Gasteiger partial charge in [0.2, 0.25) is 0 Å². The Morgan fingerprint density at radius 3 is 3.00 bits per heavy atom. The molecule has 2 aliphatic rings. The monoisotopic (exact) mass is 245 g/mol. The summed E-state index contributed by atoms with van der Waals surface area (Å²) in [7, 11) is 0. The number of aromatic nitrogens is 1. The van der Waals surface area contributed by atoms with Crippen molar-refractivity contribution >= 4 is 11.6 Å². The Bertz CT molecular complexity index is 460. The van der Waals surface area contributed by atoms with E-state index >= 15 is 0 Å². The summed E-state index contributed by atoms with van der Waals surface area (Å²) in [5.74, 6) is 2.22. The third kappa shape index (κ3) is 2.19. The van der Waals surface area contributed by atoms with Gasteiger partial charge in [0.25, 0.3) is 5.91 Å². The second kappa shape index (κ2) is 4.59. The maximum absolute atomic E-state index is 11.0. The van der Waals surface area contributed by atoms with Crippen molar-refractivity contribution in [3.8, 4) is 0 Å². The summed E-state index contributed by atoms with van der Waals surface area (Å²) in [6.07, 6.45) is 7.26. The van der Waals surface area contributed by atoms with E-state index < -0.39 is 5.91 Å². The molecule has 0 aliphatic heterocycles. The van der Waals surface area contributed by atoms with Gasteiger partial charge in [-0.2, -0.15) is 0 Å². The number of rotatable bonds is 4. The van der Waals surface area contributed by atoms with E-state index in [9.17, 15) is 4.79 Å². The van der Waals surface area contributed by atoms with Crippen molar-refractivity contribution in [3.05, 3.63) is 24.0 Å². The van der Waals surface area contributed by atoms with Gasteiger partial charge in [0.15, 0.2) is 0 Å². The largest absolute Gasteiger partial charge is 0.385 e. The van der Waals surface area contributed by atoms with Gasteiger partial charge in [0.1, 0.15) is 5.69 Å². The van der Waals surface area contributed by atoms with E-state index in [0.29, 0.717) is 5.69 Å². The molecule has 1 aromatic heterocycles. The molecular formula is C14H19N3O. The second-order valence-corrected chi connectivity index (χ2v) is 5.61. The van der Waals surface area contributed by atoms with Crippen LogP contribution in [-0.2, 0) is 0 Å². The van der Waals surface area contributed by atoms with Gasteiger partial charge in [-0.3, -0.25) is 9.78 Å². The van der Waals surface area contributed by atoms with Crippen LogP contribution in [0.4, 0.5) is 5.69 Å². The molecular weight excluding hydrogens is 226 g/mol. The third-order valence-corrected chi connectivity index (χ3v) is 4.47. The standard InChI is InChI=1S/C14H19N3O/c15-14(18)13-7-12(3-4-16-13)17-8-11-6-9-1-2-10(11)5-9/h3-4,7,9-11H,1-2,5-6,8H2,(H2,15,18)(H,16,17). The van der Waals surface area contributed by atoms with Crippen molar-refractivity contribution in [3.63, 3.8) is 0 Å². The predicted molar refractivity (Wildman–Crippen MR) is 70.2 cm³/mol. The van der Waals surface area contributed by atoms with E-state index in [1.165, 1.54) is 25.7 Å². The molecule has 3 rings (SSSR count). The summed E-state index contributed by atoms with van der Waals surface area (Å²) in [4.78, 5) is 15.0. The highest BCUT2D eigenvalue weighted by Crippen LogP contribution is 2.48. The normalized spacial score (nSPS) is 29.4. The number of anilines is 1. The summed E-state index contributed by atoms with van der Waals surface area (Å²) in [6, 6.07) is 3.62. The van der Waals surface area contributed by atoms with E-state index in [-0.39, 0.29) is 0 Å². The molecule has 2 saturated carbocycles. The number of hydrogen-bond donors (Lipinski definition) is 2. The molecule has 1 amide bonds. The van der Waals surface area contributed by atoms with Gasteiger partial charge in [-0.1, -0.05) is 6.42 Å². The number of nitrogens with two attached hydrogens (primary N) is 1. The van der Waals surface area contributed by atoms with Crippen LogP contribution >= 0.6 is 0 Å². The Morgan fingerprint density at radius 1 is 1.44 bits per heavy atom. The van der Waals surface area contributed by atoms with Gasteiger partial charge in [0, 0.05) is 18.4 Å². The van der Waals surface area contributed by atoms with E-state index in [4.69, 9.17) is 5.73 Å². The molecule has 18 heavy (non-hydrogen) atoms. The lowest BCUT2D eigenvalue weighted by molar-refractivity contribution is 0.0995. The lowest BCUT2D eigenvalue weighted by Gasteiger charge is -2.22. The number of hydrogen-bond acceptors (Lipinski definition) is 3. The smallest absolute Gasteiger partial charge is 0.267 e. The number of fused-ring (bicyclic) bond motifs is 2. The first-order valence-electron chi connectivity index (χ1n) is 6.72. The van der Waals surface area contributed by atoms with Crippen LogP contribution in [0.2, 0.25) is 0 Å². The lowest BCUT2D eigenvalue weighted by Crippen LogP contribution is -2.20. The van der Waals surface area contributed by atoms with Crippen molar-refractivity contribution in [2.24, 2.45) is 23.5 Å². The molecule has 3 atom stereocenters. The highest BCUT2D eigenvalue weighted by molar-refractivity contribution is 5.91. The second-order valence-electron chi connectivity index (χ2n) is 5.61. The molecule has 2 fully saturated rings. The first kappa shape index (κ1) is 11.5. The molecule has 96 valence electrons. The molecule has 0 radical (unpaired) electrons. The van der Waals surface area contributed by atoms with Crippen LogP contribution in [0, 0.1) is 17.8 Å². The fourth-order valence-electron chi connectivity index (χ4n) is 3.55. The molecule has 1 heterocycles. The number of carbonyl (C=O) groups excluding carboxylic acids is 1. The molecule has 4 heteroatoms. The molecule has 3 unspecified atom stereocenters. The molecule has 1 aromatic rings. The molecule has 0 spiro atoms. The van der Waals surface area contributed by atoms with Crippen LogP contribution in [0.3, 0.4) is 0 Å². The van der Waals surface area contributed by atoms with Gasteiger partial charge in [-0.25, -0.2) is 0 Å². The first-order valence-corrected chi connectivity index (χ1v) is 6.72. The van der Waals surface area contributed by atoms with Crippen LogP contribution in [-0.4, -0.2) is 17.4 Å². The zero-order valence-electron chi connectivity index (χ0n) is 10.4. The maximum atomic E-state index is 11.0. The molecule has 2 bridgehead atoms. The number of primary amides is 1.